The Labute approximate surface area is 104 Å². The van der Waals surface area contributed by atoms with E-state index in [9.17, 15) is 4.79 Å². The molecule has 2 rings (SSSR count). The average Bonchev–Trinajstić information content (AvgIpc) is 2.39. The molecular formula is C15H21NO. The summed E-state index contributed by atoms with van der Waals surface area (Å²) in [7, 11) is 0. The van der Waals surface area contributed by atoms with Crippen LogP contribution in [0.1, 0.15) is 38.2 Å². The predicted molar refractivity (Wildman–Crippen MR) is 69.8 cm³/mol. The number of nitrogens with zero attached hydrogens (tertiary/aromatic N) is 1. The highest BCUT2D eigenvalue weighted by Gasteiger charge is 2.25. The minimum atomic E-state index is 0.115. The number of benzene rings is 1. The highest BCUT2D eigenvalue weighted by molar-refractivity contribution is 5.78. The molecule has 2 nitrogen and oxygen atoms in total. The van der Waals surface area contributed by atoms with Crippen LogP contribution in [0.3, 0.4) is 0 Å². The third-order valence-corrected chi connectivity index (χ3v) is 3.50. The summed E-state index contributed by atoms with van der Waals surface area (Å²) < 4.78 is 0. The molecule has 0 bridgehead atoms. The zero-order valence-corrected chi connectivity index (χ0v) is 10.7. The van der Waals surface area contributed by atoms with Crippen LogP contribution in [0.15, 0.2) is 30.3 Å². The lowest BCUT2D eigenvalue weighted by molar-refractivity contribution is -0.135. The Balaban J connectivity index is 2.05. The van der Waals surface area contributed by atoms with Gasteiger partial charge in [-0.1, -0.05) is 44.2 Å². The normalized spacial score (nSPS) is 20.6. The van der Waals surface area contributed by atoms with Crippen molar-refractivity contribution in [2.45, 2.75) is 32.6 Å². The second kappa shape index (κ2) is 5.35. The zero-order chi connectivity index (χ0) is 12.3. The quantitative estimate of drug-likeness (QED) is 0.766. The standard InChI is InChI=1S/C15H21NO/c1-12(2)15(17)16-10-6-9-14(11-16)13-7-4-3-5-8-13/h3-5,7-8,12,14H,6,9-11H2,1-2H3. The van der Waals surface area contributed by atoms with E-state index in [1.807, 2.05) is 24.8 Å². The summed E-state index contributed by atoms with van der Waals surface area (Å²) in [5.41, 5.74) is 1.37. The highest BCUT2D eigenvalue weighted by atomic mass is 16.2. The summed E-state index contributed by atoms with van der Waals surface area (Å²) in [6.45, 7) is 5.78. The van der Waals surface area contributed by atoms with Gasteiger partial charge in [-0.15, -0.1) is 0 Å². The molecule has 1 amide bonds. The van der Waals surface area contributed by atoms with Crippen molar-refractivity contribution in [2.24, 2.45) is 5.92 Å². The Morgan fingerprint density at radius 1 is 1.29 bits per heavy atom. The van der Waals surface area contributed by atoms with E-state index in [0.717, 1.165) is 19.5 Å². The molecule has 1 aromatic carbocycles. The number of likely N-dealkylation sites (tertiary alicyclic amines) is 1. The van der Waals surface area contributed by atoms with Crippen molar-refractivity contribution in [1.82, 2.24) is 4.90 Å². The van der Waals surface area contributed by atoms with Crippen molar-refractivity contribution in [1.29, 1.82) is 0 Å². The van der Waals surface area contributed by atoms with E-state index >= 15 is 0 Å². The molecule has 1 aliphatic heterocycles. The lowest BCUT2D eigenvalue weighted by Crippen LogP contribution is -2.41. The molecule has 0 radical (unpaired) electrons. The molecule has 1 aliphatic rings. The Bertz CT molecular complexity index is 372. The molecule has 0 aliphatic carbocycles. The molecule has 0 N–H and O–H groups in total. The van der Waals surface area contributed by atoms with Crippen LogP contribution in [-0.2, 0) is 4.79 Å². The Morgan fingerprint density at radius 2 is 2.00 bits per heavy atom. The van der Waals surface area contributed by atoms with Crippen LogP contribution >= 0.6 is 0 Å². The van der Waals surface area contributed by atoms with Gasteiger partial charge in [-0.25, -0.2) is 0 Å². The largest absolute Gasteiger partial charge is 0.342 e. The molecule has 0 saturated carbocycles. The maximum Gasteiger partial charge on any atom is 0.225 e. The SMILES string of the molecule is CC(C)C(=O)N1CCCC(c2ccccc2)C1. The van der Waals surface area contributed by atoms with Crippen LogP contribution < -0.4 is 0 Å². The van der Waals surface area contributed by atoms with Crippen LogP contribution in [0.2, 0.25) is 0 Å². The molecule has 1 heterocycles. The van der Waals surface area contributed by atoms with Crippen LogP contribution in [0, 0.1) is 5.92 Å². The number of rotatable bonds is 2. The Hall–Kier alpha value is -1.31. The maximum atomic E-state index is 12.0. The molecular weight excluding hydrogens is 210 g/mol. The van der Waals surface area contributed by atoms with Gasteiger partial charge in [-0.3, -0.25) is 4.79 Å². The van der Waals surface area contributed by atoms with Gasteiger partial charge in [0.2, 0.25) is 5.91 Å². The van der Waals surface area contributed by atoms with Crippen molar-refractivity contribution in [3.63, 3.8) is 0 Å². The molecule has 1 atom stereocenters. The van der Waals surface area contributed by atoms with Gasteiger partial charge in [-0.05, 0) is 18.4 Å². The van der Waals surface area contributed by atoms with Gasteiger partial charge >= 0.3 is 0 Å². The van der Waals surface area contributed by atoms with E-state index in [0.29, 0.717) is 11.8 Å². The number of carbonyl (C=O) groups excluding carboxylic acids is 1. The van der Waals surface area contributed by atoms with Gasteiger partial charge in [0.05, 0.1) is 0 Å². The van der Waals surface area contributed by atoms with Gasteiger partial charge in [0.1, 0.15) is 0 Å². The summed E-state index contributed by atoms with van der Waals surface area (Å²) in [6, 6.07) is 10.6. The Morgan fingerprint density at radius 3 is 2.65 bits per heavy atom. The third kappa shape index (κ3) is 2.87. The molecule has 0 aromatic heterocycles. The molecule has 92 valence electrons. The fourth-order valence-corrected chi connectivity index (χ4v) is 2.54. The first-order valence-electron chi connectivity index (χ1n) is 6.52. The van der Waals surface area contributed by atoms with Gasteiger partial charge in [0.25, 0.3) is 0 Å². The van der Waals surface area contributed by atoms with Gasteiger partial charge in [-0.2, -0.15) is 0 Å². The molecule has 0 spiro atoms. The van der Waals surface area contributed by atoms with E-state index in [2.05, 4.69) is 24.3 Å². The Kier molecular flexibility index (Phi) is 3.82. The first-order chi connectivity index (χ1) is 8.18. The van der Waals surface area contributed by atoms with Crippen molar-refractivity contribution >= 4 is 5.91 Å². The zero-order valence-electron chi connectivity index (χ0n) is 10.7. The summed E-state index contributed by atoms with van der Waals surface area (Å²) >= 11 is 0. The van der Waals surface area contributed by atoms with Gasteiger partial charge in [0, 0.05) is 24.9 Å². The second-order valence-electron chi connectivity index (χ2n) is 5.19. The van der Waals surface area contributed by atoms with Crippen LogP contribution in [0.25, 0.3) is 0 Å². The van der Waals surface area contributed by atoms with E-state index in [1.165, 1.54) is 12.0 Å². The van der Waals surface area contributed by atoms with Crippen LogP contribution in [0.4, 0.5) is 0 Å². The maximum absolute atomic E-state index is 12.0. The van der Waals surface area contributed by atoms with Gasteiger partial charge < -0.3 is 4.90 Å². The summed E-state index contributed by atoms with van der Waals surface area (Å²) in [5.74, 6) is 0.933. The first-order valence-corrected chi connectivity index (χ1v) is 6.52. The fourth-order valence-electron chi connectivity index (χ4n) is 2.54. The molecule has 1 aromatic rings. The van der Waals surface area contributed by atoms with Crippen LogP contribution in [-0.4, -0.2) is 23.9 Å². The highest BCUT2D eigenvalue weighted by Crippen LogP contribution is 2.27. The fraction of sp³-hybridized carbons (Fsp3) is 0.533. The topological polar surface area (TPSA) is 20.3 Å². The van der Waals surface area contributed by atoms with E-state index in [1.54, 1.807) is 0 Å². The molecule has 17 heavy (non-hydrogen) atoms. The lowest BCUT2D eigenvalue weighted by atomic mass is 9.90. The molecule has 1 saturated heterocycles. The van der Waals surface area contributed by atoms with Crippen molar-refractivity contribution in [3.05, 3.63) is 35.9 Å². The summed E-state index contributed by atoms with van der Waals surface area (Å²) in [5, 5.41) is 0. The van der Waals surface area contributed by atoms with Crippen LogP contribution in [0.5, 0.6) is 0 Å². The minimum Gasteiger partial charge on any atom is -0.342 e. The predicted octanol–water partition coefficient (Wildman–Crippen LogP) is 3.05. The number of hydrogen-bond acceptors (Lipinski definition) is 1. The lowest BCUT2D eigenvalue weighted by Gasteiger charge is -2.34. The summed E-state index contributed by atoms with van der Waals surface area (Å²) in [6.07, 6.45) is 2.32. The van der Waals surface area contributed by atoms with Crippen molar-refractivity contribution < 1.29 is 4.79 Å². The molecule has 1 fully saturated rings. The van der Waals surface area contributed by atoms with Gasteiger partial charge in [0.15, 0.2) is 0 Å². The smallest absolute Gasteiger partial charge is 0.225 e. The van der Waals surface area contributed by atoms with Crippen molar-refractivity contribution in [2.75, 3.05) is 13.1 Å². The van der Waals surface area contributed by atoms with E-state index in [4.69, 9.17) is 0 Å². The monoisotopic (exact) mass is 231 g/mol. The second-order valence-corrected chi connectivity index (χ2v) is 5.19. The number of piperidine rings is 1. The number of hydrogen-bond donors (Lipinski definition) is 0. The minimum absolute atomic E-state index is 0.115. The average molecular weight is 231 g/mol. The molecule has 2 heteroatoms. The first kappa shape index (κ1) is 12.2. The molecule has 1 unspecified atom stereocenters. The number of amides is 1. The number of carbonyl (C=O) groups is 1. The van der Waals surface area contributed by atoms with Crippen molar-refractivity contribution in [3.8, 4) is 0 Å². The van der Waals surface area contributed by atoms with E-state index in [-0.39, 0.29) is 5.92 Å². The summed E-state index contributed by atoms with van der Waals surface area (Å²) in [4.78, 5) is 14.0. The van der Waals surface area contributed by atoms with E-state index < -0.39 is 0 Å². The third-order valence-electron chi connectivity index (χ3n) is 3.50.